The van der Waals surface area contributed by atoms with Crippen LogP contribution in [0.1, 0.15) is 44.7 Å². The van der Waals surface area contributed by atoms with Crippen LogP contribution in [0.4, 0.5) is 0 Å². The summed E-state index contributed by atoms with van der Waals surface area (Å²) in [5.41, 5.74) is 9.28. The Bertz CT molecular complexity index is 526. The summed E-state index contributed by atoms with van der Waals surface area (Å²) in [7, 11) is 0. The fraction of sp³-hybridized carbons (Fsp3) is 0.389. The molecule has 1 aromatic rings. The Balaban J connectivity index is 2.69. The van der Waals surface area contributed by atoms with Crippen molar-refractivity contribution in [2.45, 2.75) is 46.6 Å². The number of aryl methyl sites for hydroxylation is 1. The molecular formula is C18H26N2O. The molecule has 1 aromatic carbocycles. The third-order valence-corrected chi connectivity index (χ3v) is 3.17. The highest BCUT2D eigenvalue weighted by molar-refractivity contribution is 5.96. The zero-order chi connectivity index (χ0) is 15.7. The molecule has 21 heavy (non-hydrogen) atoms. The largest absolute Gasteiger partial charge is 0.402 e. The van der Waals surface area contributed by atoms with Crippen LogP contribution in [0.5, 0.6) is 0 Å². The van der Waals surface area contributed by atoms with Crippen LogP contribution in [0.15, 0.2) is 47.7 Å². The van der Waals surface area contributed by atoms with Crippen molar-refractivity contribution < 1.29 is 4.79 Å². The topological polar surface area (TPSA) is 55.1 Å². The lowest BCUT2D eigenvalue weighted by atomic mass is 10.1. The summed E-state index contributed by atoms with van der Waals surface area (Å²) in [6.45, 7) is 6.45. The summed E-state index contributed by atoms with van der Waals surface area (Å²) in [4.78, 5) is 12.2. The number of rotatable bonds is 7. The normalized spacial score (nSPS) is 12.3. The lowest BCUT2D eigenvalue weighted by Crippen LogP contribution is -2.25. The molecule has 0 aromatic heterocycles. The maximum absolute atomic E-state index is 12.2. The highest BCUT2D eigenvalue weighted by atomic mass is 16.1. The van der Waals surface area contributed by atoms with Gasteiger partial charge in [-0.15, -0.1) is 0 Å². The van der Waals surface area contributed by atoms with Gasteiger partial charge in [-0.2, -0.15) is 0 Å². The summed E-state index contributed by atoms with van der Waals surface area (Å²) in [5.74, 6) is -0.124. The van der Waals surface area contributed by atoms with E-state index in [0.29, 0.717) is 17.8 Å². The van der Waals surface area contributed by atoms with Crippen molar-refractivity contribution >= 4 is 5.91 Å². The second-order valence-electron chi connectivity index (χ2n) is 5.16. The molecule has 0 aliphatic rings. The molecule has 0 aliphatic heterocycles. The van der Waals surface area contributed by atoms with Gasteiger partial charge in [0.15, 0.2) is 0 Å². The fourth-order valence-electron chi connectivity index (χ4n) is 2.08. The van der Waals surface area contributed by atoms with Gasteiger partial charge >= 0.3 is 0 Å². The van der Waals surface area contributed by atoms with Crippen molar-refractivity contribution in [1.82, 2.24) is 5.32 Å². The average molecular weight is 286 g/mol. The van der Waals surface area contributed by atoms with Gasteiger partial charge < -0.3 is 11.1 Å². The van der Waals surface area contributed by atoms with Gasteiger partial charge in [0.25, 0.3) is 5.91 Å². The van der Waals surface area contributed by atoms with Crippen LogP contribution in [0.3, 0.4) is 0 Å². The van der Waals surface area contributed by atoms with Gasteiger partial charge in [-0.25, -0.2) is 0 Å². The van der Waals surface area contributed by atoms with E-state index in [1.807, 2.05) is 25.1 Å². The molecule has 0 radical (unpaired) electrons. The van der Waals surface area contributed by atoms with E-state index in [2.05, 4.69) is 24.4 Å². The lowest BCUT2D eigenvalue weighted by molar-refractivity contribution is -0.117. The van der Waals surface area contributed by atoms with Crippen LogP contribution >= 0.6 is 0 Å². The van der Waals surface area contributed by atoms with Crippen LogP contribution in [0, 0.1) is 0 Å². The first-order valence-corrected chi connectivity index (χ1v) is 7.57. The van der Waals surface area contributed by atoms with E-state index in [1.54, 1.807) is 13.0 Å². The molecule has 114 valence electrons. The molecule has 1 amide bonds. The molecule has 3 heteroatoms. The van der Waals surface area contributed by atoms with Crippen molar-refractivity contribution in [3.05, 3.63) is 58.8 Å². The second-order valence-corrected chi connectivity index (χ2v) is 5.16. The van der Waals surface area contributed by atoms with E-state index in [9.17, 15) is 4.79 Å². The monoisotopic (exact) mass is 286 g/mol. The van der Waals surface area contributed by atoms with Gasteiger partial charge in [0.2, 0.25) is 0 Å². The van der Waals surface area contributed by atoms with E-state index in [1.165, 1.54) is 5.56 Å². The molecule has 0 unspecified atom stereocenters. The SMILES string of the molecule is CC/C=C\C(C(=O)NCc1cccc(CCC)c1)=C(/C)N. The molecular weight excluding hydrogens is 260 g/mol. The first-order chi connectivity index (χ1) is 10.1. The number of nitrogens with two attached hydrogens (primary N) is 1. The van der Waals surface area contributed by atoms with E-state index in [4.69, 9.17) is 5.73 Å². The van der Waals surface area contributed by atoms with Gasteiger partial charge in [0.1, 0.15) is 0 Å². The molecule has 0 bridgehead atoms. The van der Waals surface area contributed by atoms with Crippen molar-refractivity contribution in [2.24, 2.45) is 5.73 Å². The van der Waals surface area contributed by atoms with Crippen LogP contribution in [0.2, 0.25) is 0 Å². The minimum Gasteiger partial charge on any atom is -0.402 e. The maximum atomic E-state index is 12.2. The van der Waals surface area contributed by atoms with E-state index < -0.39 is 0 Å². The lowest BCUT2D eigenvalue weighted by Gasteiger charge is -2.09. The summed E-state index contributed by atoms with van der Waals surface area (Å²) in [5, 5.41) is 2.93. The minimum atomic E-state index is -0.124. The van der Waals surface area contributed by atoms with Gasteiger partial charge in [-0.3, -0.25) is 4.79 Å². The number of nitrogens with one attached hydrogen (secondary N) is 1. The minimum absolute atomic E-state index is 0.124. The molecule has 0 saturated carbocycles. The number of hydrogen-bond acceptors (Lipinski definition) is 2. The first kappa shape index (κ1) is 17.0. The number of carbonyl (C=O) groups excluding carboxylic acids is 1. The highest BCUT2D eigenvalue weighted by Crippen LogP contribution is 2.08. The fourth-order valence-corrected chi connectivity index (χ4v) is 2.08. The number of hydrogen-bond donors (Lipinski definition) is 2. The quantitative estimate of drug-likeness (QED) is 0.596. The van der Waals surface area contributed by atoms with E-state index >= 15 is 0 Å². The molecule has 0 saturated heterocycles. The van der Waals surface area contributed by atoms with Gasteiger partial charge in [-0.1, -0.05) is 56.7 Å². The highest BCUT2D eigenvalue weighted by Gasteiger charge is 2.08. The first-order valence-electron chi connectivity index (χ1n) is 7.57. The Morgan fingerprint density at radius 2 is 2.00 bits per heavy atom. The summed E-state index contributed by atoms with van der Waals surface area (Å²) >= 11 is 0. The van der Waals surface area contributed by atoms with Crippen LogP contribution < -0.4 is 11.1 Å². The summed E-state index contributed by atoms with van der Waals surface area (Å²) in [6.07, 6.45) is 6.79. The molecule has 0 heterocycles. The Morgan fingerprint density at radius 1 is 1.29 bits per heavy atom. The number of carbonyl (C=O) groups is 1. The third-order valence-electron chi connectivity index (χ3n) is 3.17. The van der Waals surface area contributed by atoms with Crippen LogP contribution in [-0.4, -0.2) is 5.91 Å². The van der Waals surface area contributed by atoms with Crippen molar-refractivity contribution in [1.29, 1.82) is 0 Å². The Morgan fingerprint density at radius 3 is 2.62 bits per heavy atom. The van der Waals surface area contributed by atoms with E-state index in [-0.39, 0.29) is 5.91 Å². The number of benzene rings is 1. The standard InChI is InChI=1S/C18H26N2O/c1-4-6-11-17(14(3)19)18(21)20-13-16-10-7-9-15(12-16)8-5-2/h6-7,9-12H,4-5,8,13,19H2,1-3H3,(H,20,21)/b11-6-,17-14-. The smallest absolute Gasteiger partial charge is 0.253 e. The van der Waals surface area contributed by atoms with Crippen molar-refractivity contribution in [3.8, 4) is 0 Å². The number of allylic oxidation sites excluding steroid dienone is 2. The summed E-state index contributed by atoms with van der Waals surface area (Å²) < 4.78 is 0. The van der Waals surface area contributed by atoms with Gasteiger partial charge in [0.05, 0.1) is 5.57 Å². The molecule has 0 aliphatic carbocycles. The zero-order valence-corrected chi connectivity index (χ0v) is 13.3. The third kappa shape index (κ3) is 5.86. The number of amides is 1. The maximum Gasteiger partial charge on any atom is 0.253 e. The molecule has 1 rings (SSSR count). The average Bonchev–Trinajstić information content (AvgIpc) is 2.46. The predicted molar refractivity (Wildman–Crippen MR) is 88.6 cm³/mol. The van der Waals surface area contributed by atoms with Crippen molar-refractivity contribution in [3.63, 3.8) is 0 Å². The van der Waals surface area contributed by atoms with Gasteiger partial charge in [0, 0.05) is 12.2 Å². The Labute approximate surface area is 127 Å². The van der Waals surface area contributed by atoms with Crippen molar-refractivity contribution in [2.75, 3.05) is 0 Å². The predicted octanol–water partition coefficient (Wildman–Crippen LogP) is 3.45. The molecule has 0 spiro atoms. The molecule has 3 N–H and O–H groups in total. The molecule has 3 nitrogen and oxygen atoms in total. The summed E-state index contributed by atoms with van der Waals surface area (Å²) in [6, 6.07) is 8.33. The van der Waals surface area contributed by atoms with Gasteiger partial charge in [-0.05, 0) is 30.9 Å². The molecule has 0 fully saturated rings. The Hall–Kier alpha value is -2.03. The zero-order valence-electron chi connectivity index (χ0n) is 13.3. The van der Waals surface area contributed by atoms with Crippen LogP contribution in [-0.2, 0) is 17.8 Å². The Kier molecular flexibility index (Phi) is 7.30. The van der Waals surface area contributed by atoms with E-state index in [0.717, 1.165) is 24.8 Å². The van der Waals surface area contributed by atoms with Crippen LogP contribution in [0.25, 0.3) is 0 Å². The second kappa shape index (κ2) is 9.01. The molecule has 0 atom stereocenters.